The number of aromatic nitrogens is 1. The zero-order valence-corrected chi connectivity index (χ0v) is 61.4. The van der Waals surface area contributed by atoms with E-state index in [0.29, 0.717) is 67.6 Å². The largest absolute Gasteiger partial charge is 0.491 e. The van der Waals surface area contributed by atoms with Crippen LogP contribution in [0, 0.1) is 64.5 Å². The molecule has 3 saturated carbocycles. The lowest BCUT2D eigenvalue weighted by Crippen LogP contribution is -2.15. The van der Waals surface area contributed by atoms with Crippen molar-refractivity contribution in [2.24, 2.45) is 23.7 Å². The minimum absolute atomic E-state index is 0.0123. The lowest BCUT2D eigenvalue weighted by molar-refractivity contribution is 0.251. The fourth-order valence-electron chi connectivity index (χ4n) is 15.0. The molecule has 3 aliphatic carbocycles. The van der Waals surface area contributed by atoms with Gasteiger partial charge in [-0.15, -0.1) is 0 Å². The average molecular weight is 1360 g/mol. The van der Waals surface area contributed by atoms with E-state index in [9.17, 15) is 30.7 Å². The third-order valence-corrected chi connectivity index (χ3v) is 20.9. The topological polar surface area (TPSA) is 40.6 Å². The van der Waals surface area contributed by atoms with Gasteiger partial charge >= 0.3 is 0 Å². The van der Waals surface area contributed by atoms with Crippen molar-refractivity contribution in [3.63, 3.8) is 0 Å². The smallest absolute Gasteiger partial charge is 0.216 e. The van der Waals surface area contributed by atoms with Crippen LogP contribution in [0.5, 0.6) is 17.2 Å². The molecule has 0 saturated heterocycles. The van der Waals surface area contributed by atoms with Gasteiger partial charge in [0.1, 0.15) is 0 Å². The van der Waals surface area contributed by atoms with Crippen LogP contribution in [0.25, 0.3) is 11.3 Å². The van der Waals surface area contributed by atoms with Gasteiger partial charge in [-0.2, -0.15) is 17.6 Å². The molecule has 0 radical (unpaired) electrons. The van der Waals surface area contributed by atoms with Crippen LogP contribution in [-0.4, -0.2) is 24.8 Å². The number of halogens is 7. The molecule has 0 unspecified atom stereocenters. The predicted molar refractivity (Wildman–Crippen MR) is 393 cm³/mol. The lowest BCUT2D eigenvalue weighted by Gasteiger charge is -2.29. The molecular formula is C87H122F7NO3. The Hall–Kier alpha value is -5.84. The zero-order chi connectivity index (χ0) is 70.4. The highest BCUT2D eigenvalue weighted by molar-refractivity contribution is 5.59. The van der Waals surface area contributed by atoms with Gasteiger partial charge in [0.15, 0.2) is 34.7 Å². The average Bonchev–Trinajstić information content (AvgIpc) is 0.849. The molecule has 3 aliphatic rings. The molecule has 1 heterocycles. The van der Waals surface area contributed by atoms with E-state index in [4.69, 9.17) is 14.2 Å². The van der Waals surface area contributed by atoms with E-state index in [1.165, 1.54) is 171 Å². The van der Waals surface area contributed by atoms with E-state index in [0.717, 1.165) is 91.5 Å². The first-order valence-electron chi connectivity index (χ1n) is 38.8. The summed E-state index contributed by atoms with van der Waals surface area (Å²) in [4.78, 5) is 4.23. The Kier molecular flexibility index (Phi) is 37.9. The molecule has 0 aliphatic heterocycles. The van der Waals surface area contributed by atoms with Crippen LogP contribution >= 0.6 is 0 Å². The molecule has 542 valence electrons. The number of ether oxygens (including phenoxy) is 3. The summed E-state index contributed by atoms with van der Waals surface area (Å²) in [6.45, 7) is 17.5. The number of nitrogens with zero attached hydrogens (tertiary/aromatic N) is 1. The van der Waals surface area contributed by atoms with Crippen molar-refractivity contribution in [1.82, 2.24) is 4.98 Å². The van der Waals surface area contributed by atoms with E-state index in [1.807, 2.05) is 12.1 Å². The molecule has 98 heavy (non-hydrogen) atoms. The summed E-state index contributed by atoms with van der Waals surface area (Å²) in [5, 5.41) is 0. The van der Waals surface area contributed by atoms with Crippen molar-refractivity contribution in [3.05, 3.63) is 177 Å². The second-order valence-electron chi connectivity index (χ2n) is 28.3. The Morgan fingerprint density at radius 2 is 0.714 bits per heavy atom. The van der Waals surface area contributed by atoms with Gasteiger partial charge in [0.05, 0.1) is 25.5 Å². The maximum absolute atomic E-state index is 14.4. The monoisotopic (exact) mass is 1360 g/mol. The molecule has 0 N–H and O–H groups in total. The van der Waals surface area contributed by atoms with Crippen molar-refractivity contribution in [2.45, 2.75) is 292 Å². The Labute approximate surface area is 587 Å². The van der Waals surface area contributed by atoms with Gasteiger partial charge in [0, 0.05) is 11.1 Å². The van der Waals surface area contributed by atoms with Gasteiger partial charge in [0.25, 0.3) is 0 Å². The number of hydrogen-bond donors (Lipinski definition) is 0. The molecule has 0 amide bonds. The fraction of sp³-hybridized carbons (Fsp3) is 0.598. The van der Waals surface area contributed by atoms with Crippen LogP contribution in [0.3, 0.4) is 0 Å². The molecule has 0 bridgehead atoms. The molecule has 0 spiro atoms. The SMILES string of the molecule is CCCC1CCC(CCc2ccc(OCC)c(F)c2F)CC1.CCCC1CCC(c2ccc(CCc3ccc(OCC)c(F)c3F)cc2)CC1.CCCC1CCC(c2ccc(OCC)c(F)c2F)CC1.CCCCCCCCCCc1ccc(-c2ccc(CCCCC)cc2)nc1F. The Morgan fingerprint density at radius 1 is 0.316 bits per heavy atom. The zero-order valence-electron chi connectivity index (χ0n) is 61.4. The van der Waals surface area contributed by atoms with Gasteiger partial charge in [-0.05, 0) is 217 Å². The summed E-state index contributed by atoms with van der Waals surface area (Å²) in [5.41, 5.74) is 7.84. The second-order valence-corrected chi connectivity index (χ2v) is 28.3. The number of aryl methyl sites for hydroxylation is 5. The van der Waals surface area contributed by atoms with Crippen molar-refractivity contribution < 1.29 is 44.9 Å². The third kappa shape index (κ3) is 26.9. The molecular weight excluding hydrogens is 1240 g/mol. The number of rotatable bonds is 34. The third-order valence-electron chi connectivity index (χ3n) is 20.9. The number of benzene rings is 5. The minimum atomic E-state index is -0.881. The molecule has 9 rings (SSSR count). The number of unbranched alkanes of at least 4 members (excludes halogenated alkanes) is 9. The van der Waals surface area contributed by atoms with E-state index in [2.05, 4.69) is 88.1 Å². The van der Waals surface area contributed by atoms with Crippen molar-refractivity contribution in [2.75, 3.05) is 19.8 Å². The minimum Gasteiger partial charge on any atom is -0.491 e. The first-order valence-corrected chi connectivity index (χ1v) is 38.8. The number of hydrogen-bond acceptors (Lipinski definition) is 4. The van der Waals surface area contributed by atoms with Crippen LogP contribution in [0.1, 0.15) is 299 Å². The lowest BCUT2D eigenvalue weighted by atomic mass is 9.77. The molecule has 0 atom stereocenters. The fourth-order valence-corrected chi connectivity index (χ4v) is 15.0. The van der Waals surface area contributed by atoms with Gasteiger partial charge < -0.3 is 14.2 Å². The van der Waals surface area contributed by atoms with Crippen LogP contribution in [0.4, 0.5) is 30.7 Å². The van der Waals surface area contributed by atoms with Gasteiger partial charge in [0.2, 0.25) is 23.4 Å². The summed E-state index contributed by atoms with van der Waals surface area (Å²) in [6.07, 6.45) is 40.9. The number of pyridine rings is 1. The maximum atomic E-state index is 14.4. The van der Waals surface area contributed by atoms with E-state index in [-0.39, 0.29) is 29.1 Å². The standard InChI is InChI=1S/C26H38FN.C25H32F2O.C19H28F2O.C17H24F2O/c1-3-5-7-8-9-10-11-13-15-24-20-21-25(28-26(24)27)23-18-16-22(17-19-23)14-12-6-4-2;1-3-5-18-6-11-20(12-7-18)21-13-8-19(9-14-21)10-15-22-16-17-23(28-4-2)25(27)24(22)26;1-3-5-14-6-8-15(9-7-14)10-11-16-12-13-17(22-4-2)19(21)18(16)20;1-3-5-12-6-8-13(9-7-12)14-10-11-15(20-4-2)17(19)16(14)18/h16-21H,3-15H2,1-2H3;8-9,13-14,16-18,20H,3-7,10-12,15H2,1-2H3;12-15H,3-11H2,1-2H3;10-13H,3-9H2,1-2H3. The van der Waals surface area contributed by atoms with Gasteiger partial charge in [-0.1, -0.05) is 229 Å². The first kappa shape index (κ1) is 81.1. The Bertz CT molecular complexity index is 3140. The second kappa shape index (κ2) is 45.8. The quantitative estimate of drug-likeness (QED) is 0.0229. The highest BCUT2D eigenvalue weighted by Gasteiger charge is 2.28. The molecule has 5 aromatic carbocycles. The molecule has 4 nitrogen and oxygen atoms in total. The summed E-state index contributed by atoms with van der Waals surface area (Å²) in [5.74, 6) is -0.967. The van der Waals surface area contributed by atoms with E-state index >= 15 is 0 Å². The molecule has 3 fully saturated rings. The van der Waals surface area contributed by atoms with Crippen LogP contribution in [0.15, 0.2) is 97.1 Å². The molecule has 6 aromatic rings. The molecule has 11 heteroatoms. The summed E-state index contributed by atoms with van der Waals surface area (Å²) in [7, 11) is 0. The molecule has 1 aromatic heterocycles. The first-order chi connectivity index (χ1) is 47.7. The highest BCUT2D eigenvalue weighted by atomic mass is 19.2. The van der Waals surface area contributed by atoms with Crippen LogP contribution in [-0.2, 0) is 32.1 Å². The summed E-state index contributed by atoms with van der Waals surface area (Å²) >= 11 is 0. The summed E-state index contributed by atoms with van der Waals surface area (Å²) in [6, 6.07) is 30.7. The van der Waals surface area contributed by atoms with E-state index in [1.54, 1.807) is 51.1 Å². The highest BCUT2D eigenvalue weighted by Crippen LogP contribution is 2.41. The van der Waals surface area contributed by atoms with Crippen molar-refractivity contribution >= 4 is 0 Å². The van der Waals surface area contributed by atoms with Gasteiger partial charge in [-0.25, -0.2) is 18.2 Å². The predicted octanol–water partition coefficient (Wildman–Crippen LogP) is 26.9. The van der Waals surface area contributed by atoms with Gasteiger partial charge in [-0.3, -0.25) is 0 Å². The Balaban J connectivity index is 0.000000208. The van der Waals surface area contributed by atoms with E-state index < -0.39 is 34.9 Å². The summed E-state index contributed by atoms with van der Waals surface area (Å²) < 4.78 is 114. The van der Waals surface area contributed by atoms with Crippen LogP contribution < -0.4 is 14.2 Å². The van der Waals surface area contributed by atoms with Crippen molar-refractivity contribution in [3.8, 4) is 28.5 Å². The van der Waals surface area contributed by atoms with Crippen molar-refractivity contribution in [1.29, 1.82) is 0 Å². The Morgan fingerprint density at radius 3 is 1.20 bits per heavy atom. The maximum Gasteiger partial charge on any atom is 0.216 e. The van der Waals surface area contributed by atoms with Crippen LogP contribution in [0.2, 0.25) is 0 Å². The normalized spacial score (nSPS) is 18.3.